The molecular weight excluding hydrogens is 725 g/mol. The molecule has 5 aromatic rings. The van der Waals surface area contributed by atoms with Crippen LogP contribution in [0.2, 0.25) is 0 Å². The fourth-order valence-electron chi connectivity index (χ4n) is 6.28. The van der Waals surface area contributed by atoms with E-state index in [0.717, 1.165) is 34.4 Å². The molecule has 0 aliphatic heterocycles. The van der Waals surface area contributed by atoms with Gasteiger partial charge in [0.25, 0.3) is 16.1 Å². The van der Waals surface area contributed by atoms with Gasteiger partial charge in [0.05, 0.1) is 6.04 Å². The first-order valence-electron chi connectivity index (χ1n) is 17.9. The summed E-state index contributed by atoms with van der Waals surface area (Å²) in [4.78, 5) is 59.6. The first kappa shape index (κ1) is 40.6. The first-order chi connectivity index (χ1) is 26.4. The van der Waals surface area contributed by atoms with Gasteiger partial charge < -0.3 is 37.8 Å². The molecule has 55 heavy (non-hydrogen) atoms. The van der Waals surface area contributed by atoms with Crippen LogP contribution in [0.4, 0.5) is 0 Å². The molecule has 17 heteroatoms. The molecule has 2 heterocycles. The van der Waals surface area contributed by atoms with Gasteiger partial charge in [-0.1, -0.05) is 66.7 Å². The lowest BCUT2D eigenvalue weighted by Crippen LogP contribution is -2.60. The van der Waals surface area contributed by atoms with Gasteiger partial charge in [-0.2, -0.15) is 13.1 Å². The number of H-pyrrole nitrogens is 2. The minimum Gasteiger partial charge on any atom is -0.368 e. The summed E-state index contributed by atoms with van der Waals surface area (Å²) in [7, 11) is -3.49. The van der Waals surface area contributed by atoms with Crippen LogP contribution in [0.25, 0.3) is 21.8 Å². The smallest absolute Gasteiger partial charge is 0.297 e. The Morgan fingerprint density at radius 2 is 1.25 bits per heavy atom. The molecule has 4 atom stereocenters. The number of aromatic amines is 2. The Kier molecular flexibility index (Phi) is 13.8. The molecule has 4 amide bonds. The molecule has 0 aliphatic rings. The van der Waals surface area contributed by atoms with Crippen LogP contribution in [0, 0.1) is 0 Å². The highest BCUT2D eigenvalue weighted by Gasteiger charge is 2.33. The van der Waals surface area contributed by atoms with Crippen molar-refractivity contribution in [3.05, 3.63) is 108 Å². The monoisotopic (exact) mass is 772 g/mol. The molecule has 0 saturated carbocycles. The minimum atomic E-state index is -4.60. The standard InChI is InChI=1S/C38H48N10O6S/c1-48(46-36(50)29(40)20-25-22-42-30-15-7-5-13-27(25)30)55(53,54)47-34(21-26-23-43-31-16-8-6-14-28(26)31)38(52)45-33(19-24-11-3-2-4-12-24)37(51)44-32(35(41)49)17-9-10-18-39/h2-8,11-16,22-23,29,32-34,42-43,47H,9-10,17-21,39-40H2,1H3,(H2,41,49)(H,44,51)(H,45,52)(H,46,50)/t29-,32+,33-,34+/m1/s1. The Morgan fingerprint density at radius 3 is 1.85 bits per heavy atom. The van der Waals surface area contributed by atoms with Crippen molar-refractivity contribution in [1.29, 1.82) is 0 Å². The number of aromatic nitrogens is 2. The number of hydrazine groups is 1. The fraction of sp³-hybridized carbons (Fsp3) is 0.316. The van der Waals surface area contributed by atoms with Crippen LogP contribution >= 0.6 is 0 Å². The number of rotatable bonds is 20. The average Bonchev–Trinajstić information content (AvgIpc) is 3.77. The van der Waals surface area contributed by atoms with Crippen LogP contribution in [0.15, 0.2) is 91.3 Å². The molecular formula is C38H48N10O6S. The van der Waals surface area contributed by atoms with E-state index in [1.807, 2.05) is 48.5 Å². The zero-order valence-corrected chi connectivity index (χ0v) is 31.3. The summed E-state index contributed by atoms with van der Waals surface area (Å²) in [5.74, 6) is -3.03. The molecule has 16 nitrogen and oxygen atoms in total. The van der Waals surface area contributed by atoms with E-state index in [1.165, 1.54) is 0 Å². The van der Waals surface area contributed by atoms with E-state index in [9.17, 15) is 27.6 Å². The molecule has 5 rings (SSSR count). The van der Waals surface area contributed by atoms with Crippen molar-refractivity contribution in [2.45, 2.75) is 62.7 Å². The fourth-order valence-corrected chi connectivity index (χ4v) is 7.20. The van der Waals surface area contributed by atoms with Crippen LogP contribution in [-0.4, -0.2) is 84.2 Å². The number of para-hydroxylation sites is 2. The van der Waals surface area contributed by atoms with E-state index in [4.69, 9.17) is 17.2 Å². The third kappa shape index (κ3) is 10.8. The number of benzene rings is 3. The highest BCUT2D eigenvalue weighted by Crippen LogP contribution is 2.21. The van der Waals surface area contributed by atoms with Gasteiger partial charge in [0, 0.05) is 47.7 Å². The molecule has 0 bridgehead atoms. The quantitative estimate of drug-likeness (QED) is 0.0402. The Labute approximate surface area is 319 Å². The maximum Gasteiger partial charge on any atom is 0.297 e. The van der Waals surface area contributed by atoms with Crippen LogP contribution in [-0.2, 0) is 48.6 Å². The maximum atomic E-state index is 14.2. The second-order valence-corrected chi connectivity index (χ2v) is 15.1. The van der Waals surface area contributed by atoms with E-state index in [2.05, 4.69) is 30.7 Å². The highest BCUT2D eigenvalue weighted by atomic mass is 32.2. The third-order valence-electron chi connectivity index (χ3n) is 9.31. The van der Waals surface area contributed by atoms with Gasteiger partial charge in [-0.25, -0.2) is 0 Å². The molecule has 3 aromatic carbocycles. The number of primary amides is 1. The number of carbonyl (C=O) groups is 4. The number of nitrogens with one attached hydrogen (secondary N) is 6. The second kappa shape index (κ2) is 18.6. The van der Waals surface area contributed by atoms with Crippen LogP contribution < -0.4 is 38.0 Å². The molecule has 0 aliphatic carbocycles. The Balaban J connectivity index is 1.36. The lowest BCUT2D eigenvalue weighted by molar-refractivity contribution is -0.131. The van der Waals surface area contributed by atoms with Gasteiger partial charge in [-0.15, -0.1) is 4.41 Å². The molecule has 292 valence electrons. The molecule has 0 unspecified atom stereocenters. The van der Waals surface area contributed by atoms with Crippen molar-refractivity contribution >= 4 is 55.6 Å². The third-order valence-corrected chi connectivity index (χ3v) is 10.7. The summed E-state index contributed by atoms with van der Waals surface area (Å²) >= 11 is 0. The van der Waals surface area contributed by atoms with E-state index in [0.29, 0.717) is 34.9 Å². The lowest BCUT2D eigenvalue weighted by Gasteiger charge is -2.27. The second-order valence-electron chi connectivity index (χ2n) is 13.4. The Morgan fingerprint density at radius 1 is 0.709 bits per heavy atom. The lowest BCUT2D eigenvalue weighted by atomic mass is 10.0. The SMILES string of the molecule is CN(NC(=O)[C@H](N)Cc1c[nH]c2ccccc12)S(=O)(=O)N[C@@H](Cc1c[nH]c2ccccc12)C(=O)N[C@H](Cc1ccccc1)C(=O)N[C@@H](CCCCN)C(N)=O. The van der Waals surface area contributed by atoms with Crippen LogP contribution in [0.5, 0.6) is 0 Å². The summed E-state index contributed by atoms with van der Waals surface area (Å²) in [5, 5.41) is 7.00. The number of amides is 4. The normalized spacial score (nSPS) is 14.0. The van der Waals surface area contributed by atoms with Crippen molar-refractivity contribution in [1.82, 2.24) is 35.2 Å². The first-order valence-corrected chi connectivity index (χ1v) is 19.4. The van der Waals surface area contributed by atoms with E-state index in [-0.39, 0.29) is 25.7 Å². The zero-order chi connectivity index (χ0) is 39.5. The van der Waals surface area contributed by atoms with Crippen molar-refractivity contribution in [3.63, 3.8) is 0 Å². The molecule has 0 fully saturated rings. The van der Waals surface area contributed by atoms with E-state index in [1.54, 1.807) is 42.7 Å². The predicted molar refractivity (Wildman–Crippen MR) is 210 cm³/mol. The Bertz CT molecular complexity index is 2210. The number of fused-ring (bicyclic) bond motifs is 2. The summed E-state index contributed by atoms with van der Waals surface area (Å²) < 4.78 is 30.5. The van der Waals surface area contributed by atoms with Gasteiger partial charge in [-0.3, -0.25) is 24.6 Å². The van der Waals surface area contributed by atoms with Crippen LogP contribution in [0.1, 0.15) is 36.0 Å². The van der Waals surface area contributed by atoms with Gasteiger partial charge in [0.2, 0.25) is 17.7 Å². The molecule has 0 saturated heterocycles. The van der Waals surface area contributed by atoms with Crippen LogP contribution in [0.3, 0.4) is 0 Å². The largest absolute Gasteiger partial charge is 0.368 e. The van der Waals surface area contributed by atoms with E-state index < -0.39 is 58.0 Å². The van der Waals surface area contributed by atoms with Crippen molar-refractivity contribution in [2.24, 2.45) is 17.2 Å². The zero-order valence-electron chi connectivity index (χ0n) is 30.5. The Hall–Kier alpha value is -5.59. The predicted octanol–water partition coefficient (Wildman–Crippen LogP) is 0.754. The number of nitrogens with zero attached hydrogens (tertiary/aromatic N) is 1. The van der Waals surface area contributed by atoms with Gasteiger partial charge in [0.1, 0.15) is 18.1 Å². The summed E-state index contributed by atoms with van der Waals surface area (Å²) in [5.41, 5.74) is 23.4. The van der Waals surface area contributed by atoms with Crippen molar-refractivity contribution in [3.8, 4) is 0 Å². The molecule has 12 N–H and O–H groups in total. The number of hydrogen-bond donors (Lipinski definition) is 9. The molecule has 2 aromatic heterocycles. The summed E-state index contributed by atoms with van der Waals surface area (Å²) in [6, 6.07) is 18.9. The number of carbonyl (C=O) groups excluding carboxylic acids is 4. The molecule has 0 spiro atoms. The van der Waals surface area contributed by atoms with Gasteiger partial charge in [0.15, 0.2) is 0 Å². The minimum absolute atomic E-state index is 0.0174. The maximum absolute atomic E-state index is 14.2. The average molecular weight is 773 g/mol. The van der Waals surface area contributed by atoms with Crippen molar-refractivity contribution < 1.29 is 27.6 Å². The molecule has 0 radical (unpaired) electrons. The van der Waals surface area contributed by atoms with Gasteiger partial charge >= 0.3 is 0 Å². The topological polar surface area (TPSA) is 263 Å². The highest BCUT2D eigenvalue weighted by molar-refractivity contribution is 7.87. The summed E-state index contributed by atoms with van der Waals surface area (Å²) in [6.07, 6.45) is 4.81. The number of hydrogen-bond acceptors (Lipinski definition) is 8. The number of nitrogens with two attached hydrogens (primary N) is 3. The number of unbranched alkanes of at least 4 members (excludes halogenated alkanes) is 1. The van der Waals surface area contributed by atoms with E-state index >= 15 is 0 Å². The summed E-state index contributed by atoms with van der Waals surface area (Å²) in [6.45, 7) is 0.399. The van der Waals surface area contributed by atoms with Crippen molar-refractivity contribution in [2.75, 3.05) is 13.6 Å². The van der Waals surface area contributed by atoms with Gasteiger partial charge in [-0.05, 0) is 67.5 Å².